The van der Waals surface area contributed by atoms with E-state index < -0.39 is 0 Å². The van der Waals surface area contributed by atoms with Crippen molar-refractivity contribution in [1.82, 2.24) is 10.2 Å². The normalized spacial score (nSPS) is 22.0. The summed E-state index contributed by atoms with van der Waals surface area (Å²) in [5.74, 6) is 0.0878. The number of carbonyl (C=O) groups excluding carboxylic acids is 1. The molecule has 0 bridgehead atoms. The van der Waals surface area contributed by atoms with E-state index in [1.165, 1.54) is 24.0 Å². The molecule has 2 aliphatic rings. The summed E-state index contributed by atoms with van der Waals surface area (Å²) in [5, 5.41) is 3.00. The Kier molecular flexibility index (Phi) is 4.56. The molecule has 1 atom stereocenters. The molecule has 1 aromatic rings. The molecule has 1 unspecified atom stereocenters. The molecule has 1 aromatic carbocycles. The molecule has 1 N–H and O–H groups in total. The van der Waals surface area contributed by atoms with Gasteiger partial charge in [0.2, 0.25) is 5.91 Å². The number of hydrogen-bond acceptors (Lipinski definition) is 3. The van der Waals surface area contributed by atoms with Crippen LogP contribution in [0.3, 0.4) is 0 Å². The summed E-state index contributed by atoms with van der Waals surface area (Å²) in [6.45, 7) is 3.22. The minimum atomic E-state index is 0.0878. The van der Waals surface area contributed by atoms with E-state index in [0.717, 1.165) is 31.7 Å². The number of nitrogens with zero attached hydrogens (tertiary/aromatic N) is 1. The molecule has 1 saturated heterocycles. The van der Waals surface area contributed by atoms with Gasteiger partial charge in [-0.2, -0.15) is 0 Å². The van der Waals surface area contributed by atoms with Gasteiger partial charge in [-0.1, -0.05) is 18.2 Å². The molecule has 21 heavy (non-hydrogen) atoms. The highest BCUT2D eigenvalue weighted by Crippen LogP contribution is 2.22. The lowest BCUT2D eigenvalue weighted by Gasteiger charge is -2.30. The highest BCUT2D eigenvalue weighted by Gasteiger charge is 2.18. The molecule has 1 aliphatic heterocycles. The molecular formula is C17H24N2O2. The van der Waals surface area contributed by atoms with Crippen molar-refractivity contribution in [2.75, 3.05) is 33.3 Å². The van der Waals surface area contributed by atoms with E-state index in [2.05, 4.69) is 35.5 Å². The van der Waals surface area contributed by atoms with Crippen LogP contribution < -0.4 is 5.32 Å². The number of ether oxygens (including phenoxy) is 1. The Morgan fingerprint density at radius 2 is 2.24 bits per heavy atom. The van der Waals surface area contributed by atoms with Crippen molar-refractivity contribution in [2.45, 2.75) is 31.8 Å². The van der Waals surface area contributed by atoms with Crippen LogP contribution in [0.4, 0.5) is 0 Å². The molecular weight excluding hydrogens is 264 g/mol. The van der Waals surface area contributed by atoms with Crippen LogP contribution in [0.15, 0.2) is 18.2 Å². The Labute approximate surface area is 126 Å². The summed E-state index contributed by atoms with van der Waals surface area (Å²) in [6, 6.07) is 6.48. The Hall–Kier alpha value is -1.39. The monoisotopic (exact) mass is 288 g/mol. The third-order valence-electron chi connectivity index (χ3n) is 4.40. The van der Waals surface area contributed by atoms with Crippen molar-refractivity contribution >= 4 is 5.91 Å². The Balaban J connectivity index is 1.48. The number of fused-ring (bicyclic) bond motifs is 1. The topological polar surface area (TPSA) is 41.6 Å². The summed E-state index contributed by atoms with van der Waals surface area (Å²) in [5.41, 5.74) is 4.00. The van der Waals surface area contributed by atoms with Gasteiger partial charge in [-0.25, -0.2) is 0 Å². The molecule has 3 rings (SSSR count). The van der Waals surface area contributed by atoms with Crippen LogP contribution in [-0.2, 0) is 28.8 Å². The summed E-state index contributed by atoms with van der Waals surface area (Å²) in [7, 11) is 2.09. The van der Waals surface area contributed by atoms with E-state index >= 15 is 0 Å². The molecule has 114 valence electrons. The molecule has 1 heterocycles. The van der Waals surface area contributed by atoms with Crippen molar-refractivity contribution in [3.8, 4) is 0 Å². The summed E-state index contributed by atoms with van der Waals surface area (Å²) >= 11 is 0. The summed E-state index contributed by atoms with van der Waals surface area (Å²) in [4.78, 5) is 14.3. The van der Waals surface area contributed by atoms with Crippen molar-refractivity contribution in [1.29, 1.82) is 0 Å². The van der Waals surface area contributed by atoms with Gasteiger partial charge in [0.1, 0.15) is 0 Å². The van der Waals surface area contributed by atoms with E-state index in [0.29, 0.717) is 13.0 Å². The molecule has 1 amide bonds. The zero-order valence-corrected chi connectivity index (χ0v) is 12.7. The van der Waals surface area contributed by atoms with E-state index in [-0.39, 0.29) is 12.0 Å². The van der Waals surface area contributed by atoms with Gasteiger partial charge in [0.15, 0.2) is 0 Å². The van der Waals surface area contributed by atoms with Gasteiger partial charge in [-0.3, -0.25) is 4.79 Å². The predicted molar refractivity (Wildman–Crippen MR) is 82.4 cm³/mol. The van der Waals surface area contributed by atoms with Gasteiger partial charge < -0.3 is 15.0 Å². The third-order valence-corrected chi connectivity index (χ3v) is 4.40. The fourth-order valence-corrected chi connectivity index (χ4v) is 3.20. The van der Waals surface area contributed by atoms with E-state index in [1.807, 2.05) is 0 Å². The molecule has 0 spiro atoms. The van der Waals surface area contributed by atoms with Gasteiger partial charge in [-0.15, -0.1) is 0 Å². The molecule has 4 heteroatoms. The minimum absolute atomic E-state index is 0.0878. The molecule has 4 nitrogen and oxygen atoms in total. The number of hydrogen-bond donors (Lipinski definition) is 1. The van der Waals surface area contributed by atoms with Gasteiger partial charge in [0, 0.05) is 19.6 Å². The van der Waals surface area contributed by atoms with Crippen LogP contribution in [0.2, 0.25) is 0 Å². The van der Waals surface area contributed by atoms with Crippen molar-refractivity contribution < 1.29 is 9.53 Å². The lowest BCUT2D eigenvalue weighted by Crippen LogP contribution is -2.46. The standard InChI is InChI=1S/C17H24N2O2/c1-19-7-8-21-16(12-19)11-18-17(20)10-13-5-6-14-3-2-4-15(14)9-13/h5-6,9,16H,2-4,7-8,10-12H2,1H3,(H,18,20). The third kappa shape index (κ3) is 3.83. The first-order valence-corrected chi connectivity index (χ1v) is 7.88. The number of likely N-dealkylation sites (N-methyl/N-ethyl adjacent to an activating group) is 1. The number of benzene rings is 1. The Morgan fingerprint density at radius 1 is 1.38 bits per heavy atom. The maximum Gasteiger partial charge on any atom is 0.224 e. The second kappa shape index (κ2) is 6.58. The quantitative estimate of drug-likeness (QED) is 0.904. The predicted octanol–water partition coefficient (Wildman–Crippen LogP) is 1.16. The molecule has 0 aromatic heterocycles. The van der Waals surface area contributed by atoms with Gasteiger partial charge in [-0.05, 0) is 43.0 Å². The molecule has 1 aliphatic carbocycles. The van der Waals surface area contributed by atoms with Crippen LogP contribution in [0.25, 0.3) is 0 Å². The van der Waals surface area contributed by atoms with Crippen molar-refractivity contribution in [3.05, 3.63) is 34.9 Å². The largest absolute Gasteiger partial charge is 0.374 e. The van der Waals surface area contributed by atoms with Gasteiger partial charge in [0.05, 0.1) is 19.1 Å². The lowest BCUT2D eigenvalue weighted by molar-refractivity contribution is -0.121. The number of nitrogens with one attached hydrogen (secondary N) is 1. The highest BCUT2D eigenvalue weighted by molar-refractivity contribution is 5.78. The number of aryl methyl sites for hydroxylation is 2. The fraction of sp³-hybridized carbons (Fsp3) is 0.588. The molecule has 0 saturated carbocycles. The molecule has 1 fully saturated rings. The van der Waals surface area contributed by atoms with Crippen LogP contribution >= 0.6 is 0 Å². The minimum Gasteiger partial charge on any atom is -0.374 e. The average Bonchev–Trinajstić information content (AvgIpc) is 2.93. The zero-order chi connectivity index (χ0) is 14.7. The average molecular weight is 288 g/mol. The second-order valence-corrected chi connectivity index (χ2v) is 6.19. The van der Waals surface area contributed by atoms with Crippen LogP contribution in [0.5, 0.6) is 0 Å². The summed E-state index contributed by atoms with van der Waals surface area (Å²) < 4.78 is 5.65. The lowest BCUT2D eigenvalue weighted by atomic mass is 10.0. The number of morpholine rings is 1. The summed E-state index contributed by atoms with van der Waals surface area (Å²) in [6.07, 6.45) is 4.18. The van der Waals surface area contributed by atoms with Crippen molar-refractivity contribution in [3.63, 3.8) is 0 Å². The molecule has 0 radical (unpaired) electrons. The van der Waals surface area contributed by atoms with E-state index in [4.69, 9.17) is 4.74 Å². The van der Waals surface area contributed by atoms with E-state index in [1.54, 1.807) is 0 Å². The van der Waals surface area contributed by atoms with Crippen molar-refractivity contribution in [2.24, 2.45) is 0 Å². The smallest absolute Gasteiger partial charge is 0.224 e. The second-order valence-electron chi connectivity index (χ2n) is 6.19. The maximum atomic E-state index is 12.1. The maximum absolute atomic E-state index is 12.1. The first kappa shape index (κ1) is 14.5. The van der Waals surface area contributed by atoms with Gasteiger partial charge >= 0.3 is 0 Å². The van der Waals surface area contributed by atoms with Crippen LogP contribution in [-0.4, -0.2) is 50.2 Å². The first-order chi connectivity index (χ1) is 10.2. The SMILES string of the molecule is CN1CCOC(CNC(=O)Cc2ccc3c(c2)CCC3)C1. The fourth-order valence-electron chi connectivity index (χ4n) is 3.20. The van der Waals surface area contributed by atoms with Crippen LogP contribution in [0.1, 0.15) is 23.1 Å². The first-order valence-electron chi connectivity index (χ1n) is 7.88. The zero-order valence-electron chi connectivity index (χ0n) is 12.7. The highest BCUT2D eigenvalue weighted by atomic mass is 16.5. The Morgan fingerprint density at radius 3 is 3.10 bits per heavy atom. The number of amides is 1. The van der Waals surface area contributed by atoms with Gasteiger partial charge in [0.25, 0.3) is 0 Å². The number of rotatable bonds is 4. The Bertz CT molecular complexity index is 516. The van der Waals surface area contributed by atoms with E-state index in [9.17, 15) is 4.79 Å². The van der Waals surface area contributed by atoms with Crippen LogP contribution in [0, 0.1) is 0 Å². The number of carbonyl (C=O) groups is 1.